The first-order valence-corrected chi connectivity index (χ1v) is 10.5. The lowest BCUT2D eigenvalue weighted by molar-refractivity contribution is 0.474. The Morgan fingerprint density at radius 3 is 2.33 bits per heavy atom. The van der Waals surface area contributed by atoms with Gasteiger partial charge in [0.15, 0.2) is 5.82 Å². The predicted molar refractivity (Wildman–Crippen MR) is 117 cm³/mol. The van der Waals surface area contributed by atoms with E-state index in [1.807, 2.05) is 24.3 Å². The molecule has 0 fully saturated rings. The van der Waals surface area contributed by atoms with Crippen LogP contribution in [0.3, 0.4) is 0 Å². The Morgan fingerprint density at radius 1 is 1.13 bits per heavy atom. The van der Waals surface area contributed by atoms with Gasteiger partial charge in [0, 0.05) is 18.7 Å². The van der Waals surface area contributed by atoms with Crippen LogP contribution in [0.2, 0.25) is 0 Å². The largest absolute Gasteiger partial charge is 0.506 e. The Kier molecular flexibility index (Phi) is 6.16. The van der Waals surface area contributed by atoms with E-state index in [0.717, 1.165) is 5.52 Å². The number of nitrogens with zero attached hydrogens (tertiary/aromatic N) is 3. The normalized spacial score (nSPS) is 12.4. The summed E-state index contributed by atoms with van der Waals surface area (Å²) in [6.07, 6.45) is 2.99. The van der Waals surface area contributed by atoms with E-state index in [1.165, 1.54) is 40.7 Å². The second-order valence-electron chi connectivity index (χ2n) is 6.36. The van der Waals surface area contributed by atoms with E-state index >= 15 is 0 Å². The van der Waals surface area contributed by atoms with Crippen LogP contribution in [0.1, 0.15) is 11.4 Å². The maximum absolute atomic E-state index is 12.8. The van der Waals surface area contributed by atoms with Gasteiger partial charge in [-0.15, -0.1) is 13.2 Å². The van der Waals surface area contributed by atoms with Gasteiger partial charge in [0.25, 0.3) is 0 Å². The second kappa shape index (κ2) is 8.78. The molecule has 8 heteroatoms. The number of sulfonamides is 1. The van der Waals surface area contributed by atoms with Crippen LogP contribution < -0.4 is 0 Å². The molecule has 1 heterocycles. The second-order valence-corrected chi connectivity index (χ2v) is 8.30. The van der Waals surface area contributed by atoms with Crippen LogP contribution in [0.15, 0.2) is 78.7 Å². The summed E-state index contributed by atoms with van der Waals surface area (Å²) in [6, 6.07) is 14.9. The molecule has 0 saturated carbocycles. The standard InChI is InChI=1S/C22H20N4O3S/c1-3-13-26(14-4-2)30(28,29)17-11-9-16(10-12-17)21(27)18(15-23)22-24-19-7-5-6-8-20(19)25-22/h3-12,27H,1-2,13-14H2,(H,24,25). The Bertz CT molecular complexity index is 1220. The van der Waals surface area contributed by atoms with Crippen molar-refractivity contribution >= 4 is 32.4 Å². The van der Waals surface area contributed by atoms with Gasteiger partial charge in [-0.1, -0.05) is 24.3 Å². The molecule has 30 heavy (non-hydrogen) atoms. The number of aromatic amines is 1. The smallest absolute Gasteiger partial charge is 0.243 e. The highest BCUT2D eigenvalue weighted by Crippen LogP contribution is 2.26. The first kappa shape index (κ1) is 21.0. The van der Waals surface area contributed by atoms with E-state index in [-0.39, 0.29) is 35.1 Å². The summed E-state index contributed by atoms with van der Waals surface area (Å²) in [6.45, 7) is 7.45. The van der Waals surface area contributed by atoms with Crippen molar-refractivity contribution in [3.05, 3.63) is 85.2 Å². The Morgan fingerprint density at radius 2 is 1.77 bits per heavy atom. The molecule has 1 aromatic heterocycles. The number of aromatic nitrogens is 2. The van der Waals surface area contributed by atoms with Crippen LogP contribution in [-0.4, -0.2) is 40.9 Å². The van der Waals surface area contributed by atoms with E-state index in [0.29, 0.717) is 11.1 Å². The molecule has 0 aliphatic carbocycles. The number of benzene rings is 2. The minimum absolute atomic E-state index is 0.0400. The molecule has 7 nitrogen and oxygen atoms in total. The van der Waals surface area contributed by atoms with Crippen LogP contribution in [0.4, 0.5) is 0 Å². The molecule has 0 saturated heterocycles. The number of para-hydroxylation sites is 2. The third kappa shape index (κ3) is 4.03. The van der Waals surface area contributed by atoms with Gasteiger partial charge in [-0.3, -0.25) is 0 Å². The number of aliphatic hydroxyl groups excluding tert-OH is 1. The molecule has 0 amide bonds. The molecule has 2 N–H and O–H groups in total. The maximum Gasteiger partial charge on any atom is 0.243 e. The van der Waals surface area contributed by atoms with Crippen LogP contribution in [0.5, 0.6) is 0 Å². The van der Waals surface area contributed by atoms with Crippen molar-refractivity contribution in [1.82, 2.24) is 14.3 Å². The third-order valence-electron chi connectivity index (χ3n) is 4.41. The summed E-state index contributed by atoms with van der Waals surface area (Å²) in [7, 11) is -3.75. The van der Waals surface area contributed by atoms with Crippen LogP contribution >= 0.6 is 0 Å². The fraction of sp³-hybridized carbons (Fsp3) is 0.0909. The predicted octanol–water partition coefficient (Wildman–Crippen LogP) is 3.88. The van der Waals surface area contributed by atoms with Gasteiger partial charge in [-0.05, 0) is 36.4 Å². The number of fused-ring (bicyclic) bond motifs is 1. The number of aliphatic hydroxyl groups is 1. The van der Waals surface area contributed by atoms with Crippen molar-refractivity contribution in [2.24, 2.45) is 0 Å². The van der Waals surface area contributed by atoms with Crippen LogP contribution in [0, 0.1) is 11.3 Å². The SMILES string of the molecule is C=CCN(CC=C)S(=O)(=O)c1ccc(C(O)=C(C#N)c2nc3ccccc3[nH]2)cc1. The lowest BCUT2D eigenvalue weighted by Gasteiger charge is -2.19. The van der Waals surface area contributed by atoms with Gasteiger partial charge in [-0.25, -0.2) is 13.4 Å². The zero-order valence-corrected chi connectivity index (χ0v) is 16.9. The topological polar surface area (TPSA) is 110 Å². The number of rotatable bonds is 8. The quantitative estimate of drug-likeness (QED) is 0.326. The minimum atomic E-state index is -3.75. The number of imidazole rings is 1. The number of nitrogens with one attached hydrogen (secondary N) is 1. The number of nitriles is 1. The van der Waals surface area contributed by atoms with Crippen molar-refractivity contribution in [2.45, 2.75) is 4.90 Å². The monoisotopic (exact) mass is 420 g/mol. The van der Waals surface area contributed by atoms with E-state index in [2.05, 4.69) is 23.1 Å². The fourth-order valence-corrected chi connectivity index (χ4v) is 4.31. The summed E-state index contributed by atoms with van der Waals surface area (Å²) in [5.41, 5.74) is 1.66. The first-order valence-electron chi connectivity index (χ1n) is 9.03. The zero-order valence-electron chi connectivity index (χ0n) is 16.1. The van der Waals surface area contributed by atoms with E-state index in [9.17, 15) is 18.8 Å². The number of allylic oxidation sites excluding steroid dienone is 1. The maximum atomic E-state index is 12.8. The number of H-pyrrole nitrogens is 1. The molecule has 0 spiro atoms. The van der Waals surface area contributed by atoms with Gasteiger partial charge in [0.05, 0.1) is 15.9 Å². The highest BCUT2D eigenvalue weighted by Gasteiger charge is 2.23. The fourth-order valence-electron chi connectivity index (χ4n) is 2.93. The van der Waals surface area contributed by atoms with Crippen molar-refractivity contribution in [3.63, 3.8) is 0 Å². The van der Waals surface area contributed by atoms with Crippen LogP contribution in [0.25, 0.3) is 22.4 Å². The van der Waals surface area contributed by atoms with Crippen LogP contribution in [-0.2, 0) is 10.0 Å². The van der Waals surface area contributed by atoms with E-state index < -0.39 is 10.0 Å². The molecule has 152 valence electrons. The van der Waals surface area contributed by atoms with Gasteiger partial charge < -0.3 is 10.1 Å². The van der Waals surface area contributed by atoms with Gasteiger partial charge >= 0.3 is 0 Å². The molecule has 3 rings (SSSR count). The molecule has 0 atom stereocenters. The number of hydrogen-bond donors (Lipinski definition) is 2. The molecule has 0 unspecified atom stereocenters. The van der Waals surface area contributed by atoms with Gasteiger partial charge in [0.1, 0.15) is 17.4 Å². The summed E-state index contributed by atoms with van der Waals surface area (Å²) in [5, 5.41) is 20.2. The molecule has 0 radical (unpaired) electrons. The third-order valence-corrected chi connectivity index (χ3v) is 6.25. The summed E-state index contributed by atoms with van der Waals surface area (Å²) < 4.78 is 26.8. The van der Waals surface area contributed by atoms with Gasteiger partial charge in [-0.2, -0.15) is 9.57 Å². The van der Waals surface area contributed by atoms with Crippen molar-refractivity contribution in [1.29, 1.82) is 5.26 Å². The molecular formula is C22H20N4O3S. The minimum Gasteiger partial charge on any atom is -0.506 e. The van der Waals surface area contributed by atoms with Crippen molar-refractivity contribution < 1.29 is 13.5 Å². The molecule has 0 bridgehead atoms. The van der Waals surface area contributed by atoms with Gasteiger partial charge in [0.2, 0.25) is 10.0 Å². The lowest BCUT2D eigenvalue weighted by Crippen LogP contribution is -2.31. The highest BCUT2D eigenvalue weighted by molar-refractivity contribution is 7.89. The summed E-state index contributed by atoms with van der Waals surface area (Å²) >= 11 is 0. The lowest BCUT2D eigenvalue weighted by atomic mass is 10.1. The highest BCUT2D eigenvalue weighted by atomic mass is 32.2. The molecule has 3 aromatic rings. The van der Waals surface area contributed by atoms with E-state index in [4.69, 9.17) is 0 Å². The Labute approximate surface area is 175 Å². The average Bonchev–Trinajstić information content (AvgIpc) is 3.18. The molecule has 2 aromatic carbocycles. The number of hydrogen-bond acceptors (Lipinski definition) is 5. The molecular weight excluding hydrogens is 400 g/mol. The molecule has 0 aliphatic rings. The Hall–Kier alpha value is -3.67. The van der Waals surface area contributed by atoms with Crippen molar-refractivity contribution in [3.8, 4) is 6.07 Å². The molecule has 0 aliphatic heterocycles. The first-order chi connectivity index (χ1) is 14.4. The van der Waals surface area contributed by atoms with E-state index in [1.54, 1.807) is 6.07 Å². The van der Waals surface area contributed by atoms with Crippen molar-refractivity contribution in [2.75, 3.05) is 13.1 Å². The summed E-state index contributed by atoms with van der Waals surface area (Å²) in [4.78, 5) is 7.40. The summed E-state index contributed by atoms with van der Waals surface area (Å²) in [5.74, 6) is -0.0643. The average molecular weight is 420 g/mol. The Balaban J connectivity index is 1.98. The zero-order chi connectivity index (χ0) is 21.7.